The van der Waals surface area contributed by atoms with Crippen LogP contribution in [0.4, 0.5) is 20.2 Å². The zero-order valence-corrected chi connectivity index (χ0v) is 14.9. The number of amides is 2. The molecule has 0 bridgehead atoms. The number of alkyl halides is 2. The van der Waals surface area contributed by atoms with Gasteiger partial charge in [-0.05, 0) is 36.2 Å². The zero-order valence-electron chi connectivity index (χ0n) is 14.9. The Morgan fingerprint density at radius 2 is 2.11 bits per heavy atom. The number of benzene rings is 1. The van der Waals surface area contributed by atoms with E-state index in [1.54, 1.807) is 4.90 Å². The van der Waals surface area contributed by atoms with Gasteiger partial charge in [-0.1, -0.05) is 19.1 Å². The van der Waals surface area contributed by atoms with Crippen LogP contribution in [0.15, 0.2) is 28.8 Å². The van der Waals surface area contributed by atoms with Crippen molar-refractivity contribution in [3.05, 3.63) is 35.6 Å². The van der Waals surface area contributed by atoms with Gasteiger partial charge in [-0.2, -0.15) is 8.78 Å². The van der Waals surface area contributed by atoms with E-state index in [4.69, 9.17) is 4.52 Å². The highest BCUT2D eigenvalue weighted by Gasteiger charge is 2.36. The van der Waals surface area contributed by atoms with E-state index in [0.29, 0.717) is 0 Å². The second kappa shape index (κ2) is 7.73. The van der Waals surface area contributed by atoms with Crippen LogP contribution >= 0.6 is 0 Å². The van der Waals surface area contributed by atoms with Crippen LogP contribution in [-0.4, -0.2) is 30.1 Å². The first-order valence-corrected chi connectivity index (χ1v) is 8.50. The SMILES string of the molecule is CCc1ccc(N2C[C@@H](C(=O)Nc3c(OC(F)F)noc3C)CC2=O)cc1. The highest BCUT2D eigenvalue weighted by molar-refractivity contribution is 6.04. The average molecular weight is 379 g/mol. The second-order valence-electron chi connectivity index (χ2n) is 6.21. The van der Waals surface area contributed by atoms with E-state index in [0.717, 1.165) is 17.7 Å². The van der Waals surface area contributed by atoms with Crippen molar-refractivity contribution in [1.29, 1.82) is 0 Å². The molecule has 9 heteroatoms. The minimum atomic E-state index is -3.10. The van der Waals surface area contributed by atoms with Crippen molar-refractivity contribution in [2.24, 2.45) is 5.92 Å². The Labute approximate surface area is 154 Å². The number of ether oxygens (including phenoxy) is 1. The minimum absolute atomic E-state index is 0.0245. The lowest BCUT2D eigenvalue weighted by Crippen LogP contribution is -2.28. The summed E-state index contributed by atoms with van der Waals surface area (Å²) < 4.78 is 33.9. The van der Waals surface area contributed by atoms with E-state index in [-0.39, 0.29) is 30.3 Å². The summed E-state index contributed by atoms with van der Waals surface area (Å²) in [6, 6.07) is 7.56. The Hall–Kier alpha value is -2.97. The summed E-state index contributed by atoms with van der Waals surface area (Å²) in [5, 5.41) is 5.84. The van der Waals surface area contributed by atoms with E-state index >= 15 is 0 Å². The van der Waals surface area contributed by atoms with Gasteiger partial charge in [-0.25, -0.2) is 0 Å². The van der Waals surface area contributed by atoms with Gasteiger partial charge < -0.3 is 19.5 Å². The van der Waals surface area contributed by atoms with Crippen molar-refractivity contribution in [1.82, 2.24) is 5.16 Å². The van der Waals surface area contributed by atoms with E-state index in [1.807, 2.05) is 31.2 Å². The van der Waals surface area contributed by atoms with Gasteiger partial charge in [0, 0.05) is 18.7 Å². The number of carbonyl (C=O) groups is 2. The summed E-state index contributed by atoms with van der Waals surface area (Å²) in [5.41, 5.74) is 1.81. The number of anilines is 2. The molecule has 1 N–H and O–H groups in total. The van der Waals surface area contributed by atoms with E-state index in [1.165, 1.54) is 6.92 Å². The summed E-state index contributed by atoms with van der Waals surface area (Å²) >= 11 is 0. The fraction of sp³-hybridized carbons (Fsp3) is 0.389. The molecule has 1 aromatic carbocycles. The van der Waals surface area contributed by atoms with Crippen LogP contribution in [0.5, 0.6) is 5.88 Å². The number of aryl methyl sites for hydroxylation is 2. The van der Waals surface area contributed by atoms with Crippen LogP contribution in [0.25, 0.3) is 0 Å². The van der Waals surface area contributed by atoms with Gasteiger partial charge in [0.2, 0.25) is 11.8 Å². The molecule has 2 amide bonds. The average Bonchev–Trinajstić information content (AvgIpc) is 3.19. The van der Waals surface area contributed by atoms with Crippen LogP contribution < -0.4 is 15.0 Å². The van der Waals surface area contributed by atoms with Crippen molar-refractivity contribution in [3.63, 3.8) is 0 Å². The molecule has 7 nitrogen and oxygen atoms in total. The summed E-state index contributed by atoms with van der Waals surface area (Å²) in [5.74, 6) is -1.65. The molecule has 0 radical (unpaired) electrons. The Bertz CT molecular complexity index is 836. The third kappa shape index (κ3) is 4.07. The quantitative estimate of drug-likeness (QED) is 0.834. The van der Waals surface area contributed by atoms with E-state index in [2.05, 4.69) is 15.2 Å². The van der Waals surface area contributed by atoms with Gasteiger partial charge in [-0.15, -0.1) is 0 Å². The summed E-state index contributed by atoms with van der Waals surface area (Å²) in [4.78, 5) is 26.4. The Kier molecular flexibility index (Phi) is 5.38. The third-order valence-electron chi connectivity index (χ3n) is 4.43. The number of hydrogen-bond donors (Lipinski definition) is 1. The maximum absolute atomic E-state index is 12.5. The van der Waals surface area contributed by atoms with Gasteiger partial charge in [0.25, 0.3) is 5.88 Å². The van der Waals surface area contributed by atoms with Crippen molar-refractivity contribution in [3.8, 4) is 5.88 Å². The van der Waals surface area contributed by atoms with Crippen molar-refractivity contribution in [2.45, 2.75) is 33.3 Å². The molecule has 27 heavy (non-hydrogen) atoms. The minimum Gasteiger partial charge on any atom is -0.412 e. The third-order valence-corrected chi connectivity index (χ3v) is 4.43. The van der Waals surface area contributed by atoms with E-state index < -0.39 is 24.3 Å². The topological polar surface area (TPSA) is 84.7 Å². The lowest BCUT2D eigenvalue weighted by atomic mass is 10.1. The highest BCUT2D eigenvalue weighted by Crippen LogP contribution is 2.31. The fourth-order valence-electron chi connectivity index (χ4n) is 2.93. The standard InChI is InChI=1S/C18H19F2N3O4/c1-3-11-4-6-13(7-5-11)23-9-12(8-14(23)24)16(25)21-15-10(2)27-22-17(15)26-18(19)20/h4-7,12,18H,3,8-9H2,1-2H3,(H,21,25)/t12-/m0/s1. The monoisotopic (exact) mass is 379 g/mol. The van der Waals surface area contributed by atoms with Crippen LogP contribution in [0.1, 0.15) is 24.7 Å². The Morgan fingerprint density at radius 3 is 2.74 bits per heavy atom. The molecule has 0 saturated carbocycles. The number of aromatic nitrogens is 1. The molecule has 144 valence electrons. The maximum atomic E-state index is 12.5. The lowest BCUT2D eigenvalue weighted by molar-refractivity contribution is -0.122. The van der Waals surface area contributed by atoms with Crippen LogP contribution in [0.2, 0.25) is 0 Å². The molecule has 1 aliphatic rings. The number of halogens is 2. The molecule has 1 saturated heterocycles. The molecule has 1 atom stereocenters. The Balaban J connectivity index is 1.70. The molecular weight excluding hydrogens is 360 g/mol. The van der Waals surface area contributed by atoms with Gasteiger partial charge in [-0.3, -0.25) is 9.59 Å². The second-order valence-corrected chi connectivity index (χ2v) is 6.21. The van der Waals surface area contributed by atoms with Crippen molar-refractivity contribution < 1.29 is 27.6 Å². The fourth-order valence-corrected chi connectivity index (χ4v) is 2.93. The number of rotatable bonds is 6. The zero-order chi connectivity index (χ0) is 19.6. The molecule has 1 aliphatic heterocycles. The molecule has 2 aromatic rings. The van der Waals surface area contributed by atoms with Crippen molar-refractivity contribution >= 4 is 23.2 Å². The Morgan fingerprint density at radius 1 is 1.41 bits per heavy atom. The smallest absolute Gasteiger partial charge is 0.388 e. The first kappa shape index (κ1) is 18.8. The molecule has 2 heterocycles. The van der Waals surface area contributed by atoms with E-state index in [9.17, 15) is 18.4 Å². The highest BCUT2D eigenvalue weighted by atomic mass is 19.3. The number of carbonyl (C=O) groups excluding carboxylic acids is 2. The summed E-state index contributed by atoms with van der Waals surface area (Å²) in [7, 11) is 0. The molecule has 1 fully saturated rings. The molecule has 1 aromatic heterocycles. The van der Waals surface area contributed by atoms with Crippen LogP contribution in [-0.2, 0) is 16.0 Å². The lowest BCUT2D eigenvalue weighted by Gasteiger charge is -2.17. The molecule has 0 aliphatic carbocycles. The summed E-state index contributed by atoms with van der Waals surface area (Å²) in [6.07, 6.45) is 0.914. The first-order chi connectivity index (χ1) is 12.9. The number of nitrogens with zero attached hydrogens (tertiary/aromatic N) is 2. The predicted octanol–water partition coefficient (Wildman–Crippen LogP) is 3.14. The number of nitrogens with one attached hydrogen (secondary N) is 1. The molecule has 0 spiro atoms. The molecule has 3 rings (SSSR count). The van der Waals surface area contributed by atoms with Crippen LogP contribution in [0, 0.1) is 12.8 Å². The maximum Gasteiger partial charge on any atom is 0.388 e. The van der Waals surface area contributed by atoms with Gasteiger partial charge in [0.15, 0.2) is 5.76 Å². The predicted molar refractivity (Wildman–Crippen MR) is 92.8 cm³/mol. The van der Waals surface area contributed by atoms with Gasteiger partial charge in [0.05, 0.1) is 5.92 Å². The van der Waals surface area contributed by atoms with Gasteiger partial charge in [0.1, 0.15) is 5.69 Å². The van der Waals surface area contributed by atoms with Gasteiger partial charge >= 0.3 is 6.61 Å². The molecule has 0 unspecified atom stereocenters. The summed E-state index contributed by atoms with van der Waals surface area (Å²) in [6.45, 7) is 0.600. The molecular formula is C18H19F2N3O4. The van der Waals surface area contributed by atoms with Crippen molar-refractivity contribution in [2.75, 3.05) is 16.8 Å². The largest absolute Gasteiger partial charge is 0.412 e. The normalized spacial score (nSPS) is 16.9. The first-order valence-electron chi connectivity index (χ1n) is 8.50. The number of hydrogen-bond acceptors (Lipinski definition) is 5. The van der Waals surface area contributed by atoms with Crippen LogP contribution in [0.3, 0.4) is 0 Å².